The molecule has 5 rings (SSSR count). The molecule has 0 radical (unpaired) electrons. The van der Waals surface area contributed by atoms with E-state index in [0.717, 1.165) is 28.9 Å². The summed E-state index contributed by atoms with van der Waals surface area (Å²) in [6.45, 7) is 8.16. The van der Waals surface area contributed by atoms with E-state index in [2.05, 4.69) is 9.88 Å². The Balaban J connectivity index is 1.29. The lowest BCUT2D eigenvalue weighted by molar-refractivity contribution is -0.137. The zero-order valence-corrected chi connectivity index (χ0v) is 21.4. The van der Waals surface area contributed by atoms with E-state index in [1.807, 2.05) is 51.1 Å². The predicted molar refractivity (Wildman–Crippen MR) is 140 cm³/mol. The van der Waals surface area contributed by atoms with Crippen LogP contribution in [0, 0.1) is 0 Å². The van der Waals surface area contributed by atoms with Crippen LogP contribution in [0.2, 0.25) is 0 Å². The molecule has 9 heteroatoms. The van der Waals surface area contributed by atoms with Crippen molar-refractivity contribution in [1.29, 1.82) is 0 Å². The second-order valence-corrected chi connectivity index (χ2v) is 10.3. The summed E-state index contributed by atoms with van der Waals surface area (Å²) in [4.78, 5) is 20.8. The van der Waals surface area contributed by atoms with Crippen LogP contribution in [0.1, 0.15) is 26.3 Å². The van der Waals surface area contributed by atoms with Crippen molar-refractivity contribution in [3.05, 3.63) is 72.6 Å². The average molecular weight is 524 g/mol. The summed E-state index contributed by atoms with van der Waals surface area (Å²) in [7, 11) is 0. The smallest absolute Gasteiger partial charge is 0.416 e. The highest BCUT2D eigenvalue weighted by molar-refractivity contribution is 5.92. The van der Waals surface area contributed by atoms with Gasteiger partial charge in [0.25, 0.3) is 0 Å². The number of benzene rings is 2. The number of alkyl halides is 3. The SMILES string of the molecule is CC(C)(C)OC(=O)N1CCN(c2ccc(-c3cnc4c(-c5cccc(C(F)(F)F)c5)coc4c3)cc2)CC1. The molecule has 1 amide bonds. The first kappa shape index (κ1) is 25.6. The van der Waals surface area contributed by atoms with Gasteiger partial charge in [-0.25, -0.2) is 4.79 Å². The largest absolute Gasteiger partial charge is 0.462 e. The third kappa shape index (κ3) is 5.46. The number of aromatic nitrogens is 1. The van der Waals surface area contributed by atoms with Crippen molar-refractivity contribution in [2.45, 2.75) is 32.5 Å². The topological polar surface area (TPSA) is 58.8 Å². The molecule has 0 spiro atoms. The normalized spacial score (nSPS) is 14.7. The first-order valence-corrected chi connectivity index (χ1v) is 12.4. The number of ether oxygens (including phenoxy) is 1. The van der Waals surface area contributed by atoms with E-state index in [1.54, 1.807) is 17.2 Å². The minimum absolute atomic E-state index is 0.287. The fraction of sp³-hybridized carbons (Fsp3) is 0.310. The summed E-state index contributed by atoms with van der Waals surface area (Å²) in [5, 5.41) is 0. The van der Waals surface area contributed by atoms with Crippen LogP contribution in [0.15, 0.2) is 71.5 Å². The van der Waals surface area contributed by atoms with E-state index < -0.39 is 17.3 Å². The highest BCUT2D eigenvalue weighted by Gasteiger charge is 2.31. The fourth-order valence-corrected chi connectivity index (χ4v) is 4.48. The van der Waals surface area contributed by atoms with Gasteiger partial charge in [-0.05, 0) is 62.2 Å². The molecule has 0 unspecified atom stereocenters. The first-order valence-electron chi connectivity index (χ1n) is 12.4. The van der Waals surface area contributed by atoms with Gasteiger partial charge in [0.1, 0.15) is 17.4 Å². The molecule has 0 aliphatic carbocycles. The maximum atomic E-state index is 13.2. The second-order valence-electron chi connectivity index (χ2n) is 10.3. The number of nitrogens with zero attached hydrogens (tertiary/aromatic N) is 3. The Labute approximate surface area is 218 Å². The molecular formula is C29H28F3N3O3. The third-order valence-corrected chi connectivity index (χ3v) is 6.41. The average Bonchev–Trinajstić information content (AvgIpc) is 3.31. The minimum Gasteiger partial charge on any atom is -0.462 e. The van der Waals surface area contributed by atoms with Crippen LogP contribution in [-0.2, 0) is 10.9 Å². The van der Waals surface area contributed by atoms with Crippen LogP contribution in [0.3, 0.4) is 0 Å². The molecule has 2 aromatic carbocycles. The van der Waals surface area contributed by atoms with Crippen molar-refractivity contribution >= 4 is 22.9 Å². The van der Waals surface area contributed by atoms with Gasteiger partial charge >= 0.3 is 12.3 Å². The maximum Gasteiger partial charge on any atom is 0.416 e. The zero-order chi connectivity index (χ0) is 27.1. The van der Waals surface area contributed by atoms with E-state index in [0.29, 0.717) is 48.4 Å². The van der Waals surface area contributed by atoms with Crippen molar-refractivity contribution in [1.82, 2.24) is 9.88 Å². The fourth-order valence-electron chi connectivity index (χ4n) is 4.48. The van der Waals surface area contributed by atoms with E-state index in [1.165, 1.54) is 12.3 Å². The number of carbonyl (C=O) groups is 1. The van der Waals surface area contributed by atoms with E-state index >= 15 is 0 Å². The number of amides is 1. The molecule has 0 N–H and O–H groups in total. The standard InChI is InChI=1S/C29H28F3N3O3/c1-28(2,3)38-27(36)35-13-11-34(12-14-35)23-9-7-19(8-10-23)21-16-25-26(33-17-21)24(18-37-25)20-5-4-6-22(15-20)29(30,31)32/h4-10,15-18H,11-14H2,1-3H3. The van der Waals surface area contributed by atoms with Gasteiger partial charge in [0.05, 0.1) is 5.56 Å². The number of piperazine rings is 1. The molecule has 198 valence electrons. The molecule has 0 atom stereocenters. The number of hydrogen-bond acceptors (Lipinski definition) is 5. The summed E-state index contributed by atoms with van der Waals surface area (Å²) >= 11 is 0. The van der Waals surface area contributed by atoms with Gasteiger partial charge in [0, 0.05) is 49.2 Å². The molecule has 0 saturated carbocycles. The molecule has 38 heavy (non-hydrogen) atoms. The number of hydrogen-bond donors (Lipinski definition) is 0. The van der Waals surface area contributed by atoms with Crippen molar-refractivity contribution in [2.75, 3.05) is 31.1 Å². The molecule has 1 fully saturated rings. The van der Waals surface area contributed by atoms with E-state index in [4.69, 9.17) is 9.15 Å². The molecule has 3 heterocycles. The Kier molecular flexibility index (Phi) is 6.54. The molecule has 1 saturated heterocycles. The Morgan fingerprint density at radius 2 is 1.63 bits per heavy atom. The van der Waals surface area contributed by atoms with E-state index in [9.17, 15) is 18.0 Å². The molecule has 1 aliphatic heterocycles. The number of furan rings is 1. The molecule has 0 bridgehead atoms. The Morgan fingerprint density at radius 1 is 0.921 bits per heavy atom. The lowest BCUT2D eigenvalue weighted by Gasteiger charge is -2.36. The summed E-state index contributed by atoms with van der Waals surface area (Å²) < 4.78 is 50.6. The van der Waals surface area contributed by atoms with Crippen LogP contribution >= 0.6 is 0 Å². The summed E-state index contributed by atoms with van der Waals surface area (Å²) in [6.07, 6.45) is -1.57. The van der Waals surface area contributed by atoms with Crippen LogP contribution in [0.4, 0.5) is 23.7 Å². The number of pyridine rings is 1. The van der Waals surface area contributed by atoms with Gasteiger partial charge < -0.3 is 19.0 Å². The zero-order valence-electron chi connectivity index (χ0n) is 21.4. The van der Waals surface area contributed by atoms with Gasteiger partial charge in [-0.15, -0.1) is 0 Å². The first-order chi connectivity index (χ1) is 18.0. The van der Waals surface area contributed by atoms with Crippen LogP contribution in [0.25, 0.3) is 33.4 Å². The molecule has 2 aromatic heterocycles. The number of carbonyl (C=O) groups excluding carboxylic acids is 1. The predicted octanol–water partition coefficient (Wildman–Crippen LogP) is 7.24. The van der Waals surface area contributed by atoms with Crippen LogP contribution < -0.4 is 4.90 Å². The number of rotatable bonds is 3. The van der Waals surface area contributed by atoms with Crippen molar-refractivity contribution < 1.29 is 27.1 Å². The monoisotopic (exact) mass is 523 g/mol. The molecule has 1 aliphatic rings. The van der Waals surface area contributed by atoms with Crippen LogP contribution in [0.5, 0.6) is 0 Å². The number of anilines is 1. The lowest BCUT2D eigenvalue weighted by atomic mass is 10.0. The quantitative estimate of drug-likeness (QED) is 0.283. The van der Waals surface area contributed by atoms with Crippen molar-refractivity contribution in [3.8, 4) is 22.3 Å². The Hall–Kier alpha value is -4.01. The number of fused-ring (bicyclic) bond motifs is 1. The minimum atomic E-state index is -4.42. The van der Waals surface area contributed by atoms with Crippen molar-refractivity contribution in [2.24, 2.45) is 0 Å². The molecule has 4 aromatic rings. The van der Waals surface area contributed by atoms with Gasteiger partial charge in [-0.1, -0.05) is 24.3 Å². The lowest BCUT2D eigenvalue weighted by Crippen LogP contribution is -2.50. The third-order valence-electron chi connectivity index (χ3n) is 6.41. The summed E-state index contributed by atoms with van der Waals surface area (Å²) in [5.41, 5.74) is 3.51. The van der Waals surface area contributed by atoms with E-state index in [-0.39, 0.29) is 6.09 Å². The van der Waals surface area contributed by atoms with Crippen LogP contribution in [-0.4, -0.2) is 47.8 Å². The highest BCUT2D eigenvalue weighted by atomic mass is 19.4. The molecule has 6 nitrogen and oxygen atoms in total. The van der Waals surface area contributed by atoms with Crippen molar-refractivity contribution in [3.63, 3.8) is 0 Å². The maximum absolute atomic E-state index is 13.2. The number of halogens is 3. The highest BCUT2D eigenvalue weighted by Crippen LogP contribution is 2.36. The van der Waals surface area contributed by atoms with Gasteiger partial charge in [0.15, 0.2) is 5.58 Å². The van der Waals surface area contributed by atoms with Gasteiger partial charge in [0.2, 0.25) is 0 Å². The second kappa shape index (κ2) is 9.70. The van der Waals surface area contributed by atoms with Gasteiger partial charge in [-0.2, -0.15) is 13.2 Å². The Bertz CT molecular complexity index is 1450. The Morgan fingerprint density at radius 3 is 2.29 bits per heavy atom. The summed E-state index contributed by atoms with van der Waals surface area (Å²) in [6, 6.07) is 15.0. The summed E-state index contributed by atoms with van der Waals surface area (Å²) in [5.74, 6) is 0. The molecular weight excluding hydrogens is 495 g/mol. The van der Waals surface area contributed by atoms with Gasteiger partial charge in [-0.3, -0.25) is 4.98 Å².